The van der Waals surface area contributed by atoms with Crippen LogP contribution < -0.4 is 5.32 Å². The molecule has 0 heterocycles. The number of carbonyl (C=O) groups is 2. The number of nitrogens with one attached hydrogen (secondary N) is 1. The average Bonchev–Trinajstić information content (AvgIpc) is 2.55. The highest BCUT2D eigenvalue weighted by Crippen LogP contribution is 2.23. The molecule has 0 fully saturated rings. The van der Waals surface area contributed by atoms with Gasteiger partial charge in [0.2, 0.25) is 11.8 Å². The van der Waals surface area contributed by atoms with Crippen molar-refractivity contribution in [2.45, 2.75) is 18.7 Å². The Hall–Kier alpha value is -1.98. The van der Waals surface area contributed by atoms with Crippen LogP contribution in [0, 0.1) is 13.8 Å². The van der Waals surface area contributed by atoms with E-state index in [0.717, 1.165) is 10.5 Å². The van der Waals surface area contributed by atoms with Gasteiger partial charge < -0.3 is 10.2 Å². The molecule has 0 saturated heterocycles. The zero-order valence-electron chi connectivity index (χ0n) is 14.5. The Kier molecular flexibility index (Phi) is 6.91. The minimum Gasteiger partial charge on any atom is -0.336 e. The summed E-state index contributed by atoms with van der Waals surface area (Å²) in [6.45, 7) is 4.05. The molecule has 2 aromatic carbocycles. The van der Waals surface area contributed by atoms with Gasteiger partial charge in [-0.3, -0.25) is 9.59 Å². The number of likely N-dealkylation sites (N-methyl/N-ethyl adjacent to an activating group) is 1. The number of hydrogen-bond donors (Lipinski definition) is 1. The topological polar surface area (TPSA) is 49.4 Å². The largest absolute Gasteiger partial charge is 0.336 e. The van der Waals surface area contributed by atoms with Crippen molar-refractivity contribution in [3.8, 4) is 0 Å². The second kappa shape index (κ2) is 8.92. The lowest BCUT2D eigenvalue weighted by Gasteiger charge is -2.17. The Labute approximate surface area is 157 Å². The molecule has 0 radical (unpaired) electrons. The van der Waals surface area contributed by atoms with Gasteiger partial charge in [0.05, 0.1) is 23.0 Å². The van der Waals surface area contributed by atoms with E-state index in [1.165, 1.54) is 22.2 Å². The van der Waals surface area contributed by atoms with E-state index in [-0.39, 0.29) is 18.4 Å². The van der Waals surface area contributed by atoms with E-state index in [9.17, 15) is 9.59 Å². The molecule has 1 N–H and O–H groups in total. The first-order valence-electron chi connectivity index (χ1n) is 7.85. The van der Waals surface area contributed by atoms with Crippen LogP contribution in [0.2, 0.25) is 5.02 Å². The summed E-state index contributed by atoms with van der Waals surface area (Å²) in [5.41, 5.74) is 2.89. The van der Waals surface area contributed by atoms with E-state index < -0.39 is 0 Å². The first-order valence-corrected chi connectivity index (χ1v) is 9.21. The smallest absolute Gasteiger partial charge is 0.244 e. The molecule has 6 heteroatoms. The first-order chi connectivity index (χ1) is 11.9. The molecule has 0 atom stereocenters. The van der Waals surface area contributed by atoms with Crippen LogP contribution in [0.25, 0.3) is 0 Å². The SMILES string of the molecule is Cc1ccc(SCC(=O)N(C)CC(=O)Nc2ccccc2Cl)c(C)c1. The van der Waals surface area contributed by atoms with Crippen LogP contribution in [0.15, 0.2) is 47.4 Å². The molecular formula is C19H21ClN2O2S. The Morgan fingerprint density at radius 2 is 1.88 bits per heavy atom. The Morgan fingerprint density at radius 3 is 2.56 bits per heavy atom. The fourth-order valence-corrected chi connectivity index (χ4v) is 3.40. The standard InChI is InChI=1S/C19H21ClN2O2S/c1-13-8-9-17(14(2)10-13)25-12-19(24)22(3)11-18(23)21-16-7-5-4-6-15(16)20/h4-10H,11-12H2,1-3H3,(H,21,23). The van der Waals surface area contributed by atoms with Gasteiger partial charge in [-0.25, -0.2) is 0 Å². The van der Waals surface area contributed by atoms with E-state index in [4.69, 9.17) is 11.6 Å². The number of carbonyl (C=O) groups excluding carboxylic acids is 2. The van der Waals surface area contributed by atoms with Crippen LogP contribution in [0.4, 0.5) is 5.69 Å². The molecule has 132 valence electrons. The molecule has 25 heavy (non-hydrogen) atoms. The van der Waals surface area contributed by atoms with Crippen molar-refractivity contribution in [1.82, 2.24) is 4.90 Å². The van der Waals surface area contributed by atoms with Crippen molar-refractivity contribution < 1.29 is 9.59 Å². The van der Waals surface area contributed by atoms with Crippen molar-refractivity contribution >= 4 is 40.9 Å². The van der Waals surface area contributed by atoms with Crippen molar-refractivity contribution in [3.05, 3.63) is 58.6 Å². The molecule has 0 saturated carbocycles. The molecule has 2 rings (SSSR count). The van der Waals surface area contributed by atoms with E-state index in [0.29, 0.717) is 16.5 Å². The highest BCUT2D eigenvalue weighted by molar-refractivity contribution is 8.00. The molecule has 4 nitrogen and oxygen atoms in total. The van der Waals surface area contributed by atoms with E-state index in [1.807, 2.05) is 26.0 Å². The first kappa shape index (κ1) is 19.3. The zero-order valence-corrected chi connectivity index (χ0v) is 16.1. The van der Waals surface area contributed by atoms with Gasteiger partial charge >= 0.3 is 0 Å². The number of aryl methyl sites for hydroxylation is 2. The number of rotatable bonds is 6. The summed E-state index contributed by atoms with van der Waals surface area (Å²) in [5.74, 6) is -0.0838. The molecule has 0 unspecified atom stereocenters. The van der Waals surface area contributed by atoms with Gasteiger partial charge in [-0.05, 0) is 37.6 Å². The van der Waals surface area contributed by atoms with Gasteiger partial charge in [-0.1, -0.05) is 41.4 Å². The monoisotopic (exact) mass is 376 g/mol. The van der Waals surface area contributed by atoms with Gasteiger partial charge in [-0.15, -0.1) is 11.8 Å². The van der Waals surface area contributed by atoms with Crippen LogP contribution in [-0.2, 0) is 9.59 Å². The number of anilines is 1. The minimum absolute atomic E-state index is 0.0164. The molecule has 0 aliphatic heterocycles. The van der Waals surface area contributed by atoms with Gasteiger partial charge in [0.25, 0.3) is 0 Å². The quantitative estimate of drug-likeness (QED) is 0.770. The summed E-state index contributed by atoms with van der Waals surface area (Å²) < 4.78 is 0. The van der Waals surface area contributed by atoms with Crippen molar-refractivity contribution in [1.29, 1.82) is 0 Å². The Bertz CT molecular complexity index is 780. The van der Waals surface area contributed by atoms with E-state index in [2.05, 4.69) is 11.4 Å². The normalized spacial score (nSPS) is 10.4. The number of nitrogens with zero attached hydrogens (tertiary/aromatic N) is 1. The van der Waals surface area contributed by atoms with Crippen LogP contribution >= 0.6 is 23.4 Å². The van der Waals surface area contributed by atoms with Crippen LogP contribution in [0.5, 0.6) is 0 Å². The molecule has 2 aromatic rings. The summed E-state index contributed by atoms with van der Waals surface area (Å²) in [6.07, 6.45) is 0. The fourth-order valence-electron chi connectivity index (χ4n) is 2.27. The fraction of sp³-hybridized carbons (Fsp3) is 0.263. The minimum atomic E-state index is -0.277. The van der Waals surface area contributed by atoms with Gasteiger partial charge in [0.15, 0.2) is 0 Å². The molecular weight excluding hydrogens is 356 g/mol. The van der Waals surface area contributed by atoms with Crippen molar-refractivity contribution in [3.63, 3.8) is 0 Å². The highest BCUT2D eigenvalue weighted by atomic mass is 35.5. The number of benzene rings is 2. The van der Waals surface area contributed by atoms with Crippen LogP contribution in [-0.4, -0.2) is 36.1 Å². The third-order valence-corrected chi connectivity index (χ3v) is 5.13. The summed E-state index contributed by atoms with van der Waals surface area (Å²) in [4.78, 5) is 26.8. The number of hydrogen-bond acceptors (Lipinski definition) is 3. The van der Waals surface area contributed by atoms with Crippen LogP contribution in [0.3, 0.4) is 0 Å². The van der Waals surface area contributed by atoms with Crippen LogP contribution in [0.1, 0.15) is 11.1 Å². The molecule has 0 aliphatic rings. The lowest BCUT2D eigenvalue weighted by atomic mass is 10.2. The predicted molar refractivity (Wildman–Crippen MR) is 104 cm³/mol. The second-order valence-electron chi connectivity index (χ2n) is 5.84. The van der Waals surface area contributed by atoms with Crippen molar-refractivity contribution in [2.75, 3.05) is 24.7 Å². The van der Waals surface area contributed by atoms with E-state index in [1.54, 1.807) is 31.3 Å². The molecule has 0 bridgehead atoms. The summed E-state index contributed by atoms with van der Waals surface area (Å²) in [7, 11) is 1.62. The molecule has 2 amide bonds. The Balaban J connectivity index is 1.85. The maximum Gasteiger partial charge on any atom is 0.244 e. The number of halogens is 1. The predicted octanol–water partition coefficient (Wildman–Crippen LogP) is 4.15. The lowest BCUT2D eigenvalue weighted by Crippen LogP contribution is -2.36. The molecule has 0 aromatic heterocycles. The average molecular weight is 377 g/mol. The maximum atomic E-state index is 12.2. The Morgan fingerprint density at radius 1 is 1.16 bits per heavy atom. The summed E-state index contributed by atoms with van der Waals surface area (Å²) in [5, 5.41) is 3.18. The second-order valence-corrected chi connectivity index (χ2v) is 7.26. The molecule has 0 spiro atoms. The third kappa shape index (κ3) is 5.80. The lowest BCUT2D eigenvalue weighted by molar-refractivity contribution is -0.131. The van der Waals surface area contributed by atoms with Gasteiger partial charge in [-0.2, -0.15) is 0 Å². The number of para-hydroxylation sites is 1. The summed E-state index contributed by atoms with van der Waals surface area (Å²) >= 11 is 7.49. The zero-order chi connectivity index (χ0) is 18.4. The third-order valence-electron chi connectivity index (χ3n) is 3.64. The maximum absolute atomic E-state index is 12.2. The van der Waals surface area contributed by atoms with Crippen molar-refractivity contribution in [2.24, 2.45) is 0 Å². The highest BCUT2D eigenvalue weighted by Gasteiger charge is 2.14. The van der Waals surface area contributed by atoms with E-state index >= 15 is 0 Å². The van der Waals surface area contributed by atoms with Gasteiger partial charge in [0, 0.05) is 11.9 Å². The number of amides is 2. The van der Waals surface area contributed by atoms with Gasteiger partial charge in [0.1, 0.15) is 0 Å². The summed E-state index contributed by atoms with van der Waals surface area (Å²) in [6, 6.07) is 13.1. The number of thioether (sulfide) groups is 1. The molecule has 0 aliphatic carbocycles.